The second-order valence-electron chi connectivity index (χ2n) is 10.5. The van der Waals surface area contributed by atoms with Crippen molar-refractivity contribution in [1.29, 1.82) is 0 Å². The van der Waals surface area contributed by atoms with E-state index in [4.69, 9.17) is 12.8 Å². The molecule has 0 aliphatic rings. The molecule has 0 atom stereocenters. The van der Waals surface area contributed by atoms with E-state index in [0.29, 0.717) is 0 Å². The molecule has 39 heavy (non-hydrogen) atoms. The van der Waals surface area contributed by atoms with Gasteiger partial charge < -0.3 is 14.5 Å². The molecule has 2 heterocycles. The van der Waals surface area contributed by atoms with Gasteiger partial charge in [0.15, 0.2) is 0 Å². The Hall–Kier alpha value is -3.56. The zero-order valence-corrected chi connectivity index (χ0v) is 24.7. The van der Waals surface area contributed by atoms with Gasteiger partial charge in [-0.05, 0) is 68.1 Å². The van der Waals surface area contributed by atoms with Crippen LogP contribution in [0.3, 0.4) is 0 Å². The molecule has 1 N–H and O–H groups in total. The number of anilines is 1. The molecular weight excluding hydrogens is 474 g/mol. The van der Waals surface area contributed by atoms with Crippen LogP contribution in [0.25, 0.3) is 21.8 Å². The number of unbranched alkanes of at least 4 members (excludes halogenated alkanes) is 6. The van der Waals surface area contributed by atoms with E-state index in [0.717, 1.165) is 48.4 Å². The molecule has 206 valence electrons. The van der Waals surface area contributed by atoms with Gasteiger partial charge in [0.05, 0.1) is 5.69 Å². The van der Waals surface area contributed by atoms with Crippen molar-refractivity contribution in [2.24, 2.45) is 0 Å². The molecule has 0 amide bonds. The smallest absolute Gasteiger partial charge is 0.0511 e. The maximum absolute atomic E-state index is 5.50. The minimum atomic E-state index is 0.887. The molecule has 0 radical (unpaired) electrons. The summed E-state index contributed by atoms with van der Waals surface area (Å²) < 4.78 is 4.83. The molecule has 0 fully saturated rings. The van der Waals surface area contributed by atoms with Gasteiger partial charge in [-0.25, -0.2) is 0 Å². The molecule has 2 aromatic carbocycles. The van der Waals surface area contributed by atoms with E-state index in [1.807, 2.05) is 19.1 Å². The van der Waals surface area contributed by atoms with Crippen LogP contribution < -0.4 is 5.32 Å². The molecule has 4 aromatic rings. The molecule has 0 bridgehead atoms. The third kappa shape index (κ3) is 8.21. The summed E-state index contributed by atoms with van der Waals surface area (Å²) in [6.07, 6.45) is 26.8. The Morgan fingerprint density at radius 3 is 1.67 bits per heavy atom. The lowest BCUT2D eigenvalue weighted by atomic mass is 10.0. The Labute approximate surface area is 237 Å². The van der Waals surface area contributed by atoms with Crippen molar-refractivity contribution in [3.8, 4) is 24.7 Å². The molecule has 0 saturated carbocycles. The number of hydrogen-bond acceptors (Lipinski definition) is 1. The Morgan fingerprint density at radius 1 is 0.667 bits per heavy atom. The SMILES string of the molecule is C#Cc1cc(NCCCCC)c(C#C)cc1C.CCCCCn1ccc2cc3c(ccn3CCCCC)cc21. The Morgan fingerprint density at radius 2 is 1.18 bits per heavy atom. The highest BCUT2D eigenvalue weighted by molar-refractivity contribution is 5.96. The fourth-order valence-electron chi connectivity index (χ4n) is 5.06. The second-order valence-corrected chi connectivity index (χ2v) is 10.5. The van der Waals surface area contributed by atoms with Crippen LogP contribution in [0, 0.1) is 31.6 Å². The lowest BCUT2D eigenvalue weighted by Gasteiger charge is -2.11. The molecule has 3 heteroatoms. The van der Waals surface area contributed by atoms with Crippen molar-refractivity contribution in [2.45, 2.75) is 98.6 Å². The lowest BCUT2D eigenvalue weighted by molar-refractivity contribution is 0.616. The zero-order chi connectivity index (χ0) is 28.0. The molecule has 0 spiro atoms. The first-order valence-corrected chi connectivity index (χ1v) is 15.0. The molecule has 0 aliphatic heterocycles. The summed E-state index contributed by atoms with van der Waals surface area (Å²) in [5.41, 5.74) is 6.59. The van der Waals surface area contributed by atoms with Gasteiger partial charge in [-0.2, -0.15) is 0 Å². The fourth-order valence-corrected chi connectivity index (χ4v) is 5.06. The molecule has 0 aliphatic carbocycles. The molecular formula is C36H47N3. The van der Waals surface area contributed by atoms with Crippen LogP contribution in [0.1, 0.15) is 95.2 Å². The minimum absolute atomic E-state index is 0.887. The van der Waals surface area contributed by atoms with Gasteiger partial charge >= 0.3 is 0 Å². The van der Waals surface area contributed by atoms with E-state index in [2.05, 4.69) is 83.7 Å². The Balaban J connectivity index is 0.000000224. The van der Waals surface area contributed by atoms with Gasteiger partial charge in [-0.1, -0.05) is 71.1 Å². The first-order chi connectivity index (χ1) is 19.1. The summed E-state index contributed by atoms with van der Waals surface area (Å²) in [6.45, 7) is 11.9. The number of hydrogen-bond donors (Lipinski definition) is 1. The summed E-state index contributed by atoms with van der Waals surface area (Å²) in [7, 11) is 0. The maximum atomic E-state index is 5.50. The summed E-state index contributed by atoms with van der Waals surface area (Å²) in [5.74, 6) is 5.38. The molecule has 0 saturated heterocycles. The monoisotopic (exact) mass is 521 g/mol. The van der Waals surface area contributed by atoms with Crippen LogP contribution in [-0.4, -0.2) is 15.7 Å². The van der Waals surface area contributed by atoms with E-state index < -0.39 is 0 Å². The molecule has 4 rings (SSSR count). The van der Waals surface area contributed by atoms with E-state index in [9.17, 15) is 0 Å². The second kappa shape index (κ2) is 15.8. The average molecular weight is 522 g/mol. The van der Waals surface area contributed by atoms with E-state index in [-0.39, 0.29) is 0 Å². The van der Waals surface area contributed by atoms with Crippen molar-refractivity contribution >= 4 is 27.5 Å². The summed E-state index contributed by atoms with van der Waals surface area (Å²) in [5, 5.41) is 6.11. The highest BCUT2D eigenvalue weighted by atomic mass is 15.0. The van der Waals surface area contributed by atoms with Crippen molar-refractivity contribution in [3.05, 3.63) is 65.5 Å². The Kier molecular flexibility index (Phi) is 12.1. The van der Waals surface area contributed by atoms with Crippen LogP contribution in [0.4, 0.5) is 5.69 Å². The van der Waals surface area contributed by atoms with Crippen LogP contribution in [0.2, 0.25) is 0 Å². The number of fused-ring (bicyclic) bond motifs is 2. The normalized spacial score (nSPS) is 10.7. The topological polar surface area (TPSA) is 21.9 Å². The summed E-state index contributed by atoms with van der Waals surface area (Å²) in [4.78, 5) is 0. The van der Waals surface area contributed by atoms with E-state index in [1.165, 1.54) is 73.2 Å². The summed E-state index contributed by atoms with van der Waals surface area (Å²) >= 11 is 0. The van der Waals surface area contributed by atoms with Crippen molar-refractivity contribution in [3.63, 3.8) is 0 Å². The number of nitrogens with one attached hydrogen (secondary N) is 1. The predicted molar refractivity (Wildman–Crippen MR) is 172 cm³/mol. The molecule has 3 nitrogen and oxygen atoms in total. The predicted octanol–water partition coefficient (Wildman–Crippen LogP) is 9.54. The first-order valence-electron chi connectivity index (χ1n) is 15.0. The van der Waals surface area contributed by atoms with Crippen molar-refractivity contribution < 1.29 is 0 Å². The van der Waals surface area contributed by atoms with Crippen LogP contribution in [0.15, 0.2) is 48.8 Å². The molecule has 0 unspecified atom stereocenters. The van der Waals surface area contributed by atoms with Crippen LogP contribution >= 0.6 is 0 Å². The molecule has 2 aromatic heterocycles. The average Bonchev–Trinajstić information content (AvgIpc) is 3.54. The van der Waals surface area contributed by atoms with Gasteiger partial charge in [0.1, 0.15) is 0 Å². The number of nitrogens with zero attached hydrogens (tertiary/aromatic N) is 2. The number of terminal acetylenes is 2. The number of benzene rings is 2. The van der Waals surface area contributed by atoms with Gasteiger partial charge in [0, 0.05) is 65.0 Å². The third-order valence-electron chi connectivity index (χ3n) is 7.44. The van der Waals surface area contributed by atoms with Gasteiger partial charge in [0.2, 0.25) is 0 Å². The van der Waals surface area contributed by atoms with E-state index in [1.54, 1.807) is 0 Å². The van der Waals surface area contributed by atoms with Gasteiger partial charge in [-0.3, -0.25) is 0 Å². The first kappa shape index (κ1) is 30.0. The maximum Gasteiger partial charge on any atom is 0.0511 e. The largest absolute Gasteiger partial charge is 0.384 e. The fraction of sp³-hybridized carbons (Fsp3) is 0.444. The van der Waals surface area contributed by atoms with Crippen LogP contribution in [-0.2, 0) is 13.1 Å². The van der Waals surface area contributed by atoms with Gasteiger partial charge in [-0.15, -0.1) is 12.8 Å². The minimum Gasteiger partial charge on any atom is -0.384 e. The van der Waals surface area contributed by atoms with Gasteiger partial charge in [0.25, 0.3) is 0 Å². The number of aryl methyl sites for hydroxylation is 3. The number of rotatable bonds is 13. The van der Waals surface area contributed by atoms with Crippen molar-refractivity contribution in [2.75, 3.05) is 11.9 Å². The highest BCUT2D eigenvalue weighted by Gasteiger charge is 2.07. The summed E-state index contributed by atoms with van der Waals surface area (Å²) in [6, 6.07) is 13.2. The highest BCUT2D eigenvalue weighted by Crippen LogP contribution is 2.26. The Bertz CT molecular complexity index is 1340. The number of aromatic nitrogens is 2. The van der Waals surface area contributed by atoms with Crippen LogP contribution in [0.5, 0.6) is 0 Å². The van der Waals surface area contributed by atoms with Crippen molar-refractivity contribution in [1.82, 2.24) is 9.13 Å². The zero-order valence-electron chi connectivity index (χ0n) is 24.7. The standard InChI is InChI=1S/C20H28N2.C16H19N/c1-3-5-7-11-21-13-9-17-16-20-18(15-19(17)21)10-14-22(20)12-8-6-4-2;1-5-8-9-10-17-16-12-14(6-2)13(4)11-15(16)7-3/h9-10,13-16H,3-8,11-12H2,1-2H3;2-3,11-12,17H,5,8-10H2,1,4H3. The third-order valence-corrected chi connectivity index (χ3v) is 7.44. The van der Waals surface area contributed by atoms with E-state index >= 15 is 0 Å². The lowest BCUT2D eigenvalue weighted by Crippen LogP contribution is -2.04. The quantitative estimate of drug-likeness (QED) is 0.137.